The number of hydrogen-bond acceptors (Lipinski definition) is 4. The highest BCUT2D eigenvalue weighted by atomic mass is 35.5. The standard InChI is InChI=1S/C21H22ClNO3/c1-14(24)10-11-23-13-19(15(2)25)21(26,16-6-4-3-5-7-16)18-12-17(22)8-9-20(18)23/h3-9,12,19,26H,10-11,13H2,1-2H3. The zero-order chi connectivity index (χ0) is 18.9. The van der Waals surface area contributed by atoms with Crippen LogP contribution in [-0.2, 0) is 15.2 Å². The minimum atomic E-state index is -1.46. The number of Topliss-reactive ketones (excluding diaryl/α,β-unsaturated/α-hetero) is 2. The molecule has 3 rings (SSSR count). The Balaban J connectivity index is 2.19. The molecule has 1 aliphatic rings. The number of anilines is 1. The zero-order valence-corrected chi connectivity index (χ0v) is 15.7. The van der Waals surface area contributed by atoms with Crippen LogP contribution < -0.4 is 4.90 Å². The average molecular weight is 372 g/mol. The number of rotatable bonds is 5. The van der Waals surface area contributed by atoms with Crippen LogP contribution in [0.15, 0.2) is 48.5 Å². The predicted octanol–water partition coefficient (Wildman–Crippen LogP) is 3.58. The van der Waals surface area contributed by atoms with E-state index in [1.54, 1.807) is 19.1 Å². The lowest BCUT2D eigenvalue weighted by molar-refractivity contribution is -0.128. The van der Waals surface area contributed by atoms with E-state index < -0.39 is 11.5 Å². The Morgan fingerprint density at radius 3 is 2.50 bits per heavy atom. The molecule has 2 atom stereocenters. The molecular weight excluding hydrogens is 350 g/mol. The zero-order valence-electron chi connectivity index (χ0n) is 14.9. The van der Waals surface area contributed by atoms with Gasteiger partial charge in [-0.3, -0.25) is 9.59 Å². The number of benzene rings is 2. The number of ketones is 2. The van der Waals surface area contributed by atoms with E-state index in [1.165, 1.54) is 6.92 Å². The van der Waals surface area contributed by atoms with Gasteiger partial charge in [0.1, 0.15) is 17.2 Å². The number of aliphatic hydroxyl groups is 1. The van der Waals surface area contributed by atoms with Gasteiger partial charge in [-0.15, -0.1) is 0 Å². The Morgan fingerprint density at radius 2 is 1.88 bits per heavy atom. The van der Waals surface area contributed by atoms with Crippen molar-refractivity contribution < 1.29 is 14.7 Å². The molecule has 0 aliphatic carbocycles. The van der Waals surface area contributed by atoms with Gasteiger partial charge in [-0.2, -0.15) is 0 Å². The molecule has 5 heteroatoms. The lowest BCUT2D eigenvalue weighted by Gasteiger charge is -2.46. The van der Waals surface area contributed by atoms with Gasteiger partial charge in [0.25, 0.3) is 0 Å². The smallest absolute Gasteiger partial charge is 0.138 e. The monoisotopic (exact) mass is 371 g/mol. The quantitative estimate of drug-likeness (QED) is 0.872. The summed E-state index contributed by atoms with van der Waals surface area (Å²) in [7, 11) is 0. The molecular formula is C21H22ClNO3. The van der Waals surface area contributed by atoms with Crippen molar-refractivity contribution in [3.8, 4) is 0 Å². The summed E-state index contributed by atoms with van der Waals surface area (Å²) in [6.07, 6.45) is 0.385. The third-order valence-electron chi connectivity index (χ3n) is 5.06. The molecule has 0 amide bonds. The van der Waals surface area contributed by atoms with Crippen molar-refractivity contribution in [3.05, 3.63) is 64.7 Å². The van der Waals surface area contributed by atoms with Crippen LogP contribution in [0.4, 0.5) is 5.69 Å². The molecule has 2 aromatic rings. The van der Waals surface area contributed by atoms with Gasteiger partial charge in [-0.1, -0.05) is 41.9 Å². The van der Waals surface area contributed by atoms with E-state index in [0.717, 1.165) is 5.69 Å². The largest absolute Gasteiger partial charge is 0.379 e. The Hall–Kier alpha value is -2.17. The first-order valence-electron chi connectivity index (χ1n) is 8.66. The van der Waals surface area contributed by atoms with Crippen molar-refractivity contribution in [2.24, 2.45) is 5.92 Å². The summed E-state index contributed by atoms with van der Waals surface area (Å²) in [5.74, 6) is -0.665. The number of carbonyl (C=O) groups excluding carboxylic acids is 2. The minimum absolute atomic E-state index is 0.0868. The second kappa shape index (κ2) is 7.22. The SMILES string of the molecule is CC(=O)CCN1CC(C(C)=O)C(O)(c2ccccc2)c2cc(Cl)ccc21. The van der Waals surface area contributed by atoms with Gasteiger partial charge in [0.2, 0.25) is 0 Å². The fraction of sp³-hybridized carbons (Fsp3) is 0.333. The van der Waals surface area contributed by atoms with Crippen molar-refractivity contribution >= 4 is 28.9 Å². The van der Waals surface area contributed by atoms with Gasteiger partial charge >= 0.3 is 0 Å². The first kappa shape index (κ1) is 18.6. The maximum atomic E-state index is 12.5. The van der Waals surface area contributed by atoms with E-state index in [2.05, 4.69) is 0 Å². The summed E-state index contributed by atoms with van der Waals surface area (Å²) in [4.78, 5) is 25.9. The van der Waals surface area contributed by atoms with Gasteiger partial charge in [-0.25, -0.2) is 0 Å². The number of fused-ring (bicyclic) bond motifs is 1. The second-order valence-corrected chi connectivity index (χ2v) is 7.29. The fourth-order valence-electron chi connectivity index (χ4n) is 3.70. The van der Waals surface area contributed by atoms with Crippen LogP contribution in [0, 0.1) is 5.92 Å². The highest BCUT2D eigenvalue weighted by molar-refractivity contribution is 6.30. The van der Waals surface area contributed by atoms with Crippen molar-refractivity contribution in [2.75, 3.05) is 18.0 Å². The number of carbonyl (C=O) groups is 2. The normalized spacial score (nSPS) is 22.0. The second-order valence-electron chi connectivity index (χ2n) is 6.86. The van der Waals surface area contributed by atoms with Crippen LogP contribution in [0.3, 0.4) is 0 Å². The summed E-state index contributed by atoms with van der Waals surface area (Å²) in [6.45, 7) is 3.90. The molecule has 1 heterocycles. The van der Waals surface area contributed by atoms with Crippen molar-refractivity contribution in [3.63, 3.8) is 0 Å². The highest BCUT2D eigenvalue weighted by Gasteiger charge is 2.48. The summed E-state index contributed by atoms with van der Waals surface area (Å²) in [6, 6.07) is 14.5. The van der Waals surface area contributed by atoms with E-state index in [0.29, 0.717) is 35.7 Å². The molecule has 136 valence electrons. The van der Waals surface area contributed by atoms with Gasteiger partial charge in [-0.05, 0) is 37.6 Å². The molecule has 1 aliphatic heterocycles. The van der Waals surface area contributed by atoms with E-state index in [-0.39, 0.29) is 11.6 Å². The molecule has 4 nitrogen and oxygen atoms in total. The van der Waals surface area contributed by atoms with Crippen molar-refractivity contribution in [2.45, 2.75) is 25.9 Å². The molecule has 26 heavy (non-hydrogen) atoms. The molecule has 0 spiro atoms. The molecule has 0 aromatic heterocycles. The lowest BCUT2D eigenvalue weighted by atomic mass is 9.71. The van der Waals surface area contributed by atoms with Crippen molar-refractivity contribution in [1.29, 1.82) is 0 Å². The molecule has 0 radical (unpaired) electrons. The number of hydrogen-bond donors (Lipinski definition) is 1. The van der Waals surface area contributed by atoms with E-state index in [1.807, 2.05) is 41.3 Å². The predicted molar refractivity (Wildman–Crippen MR) is 103 cm³/mol. The van der Waals surface area contributed by atoms with Crippen LogP contribution in [0.2, 0.25) is 5.02 Å². The van der Waals surface area contributed by atoms with Gasteiger partial charge in [0, 0.05) is 35.8 Å². The van der Waals surface area contributed by atoms with E-state index >= 15 is 0 Å². The Labute approximate surface area is 158 Å². The van der Waals surface area contributed by atoms with Gasteiger partial charge in [0.15, 0.2) is 0 Å². The minimum Gasteiger partial charge on any atom is -0.379 e. The molecule has 1 N–H and O–H groups in total. The van der Waals surface area contributed by atoms with Gasteiger partial charge < -0.3 is 10.0 Å². The molecule has 2 unspecified atom stereocenters. The number of nitrogens with zero attached hydrogens (tertiary/aromatic N) is 1. The van der Waals surface area contributed by atoms with Crippen LogP contribution in [-0.4, -0.2) is 29.8 Å². The maximum Gasteiger partial charge on any atom is 0.138 e. The van der Waals surface area contributed by atoms with E-state index in [4.69, 9.17) is 11.6 Å². The third kappa shape index (κ3) is 3.27. The Kier molecular flexibility index (Phi) is 5.17. The Bertz CT molecular complexity index is 836. The molecule has 2 aromatic carbocycles. The van der Waals surface area contributed by atoms with Gasteiger partial charge in [0.05, 0.1) is 5.92 Å². The summed E-state index contributed by atoms with van der Waals surface area (Å²) in [5.41, 5.74) is 0.612. The Morgan fingerprint density at radius 1 is 1.19 bits per heavy atom. The van der Waals surface area contributed by atoms with Crippen LogP contribution in [0.5, 0.6) is 0 Å². The molecule has 0 saturated carbocycles. The van der Waals surface area contributed by atoms with Crippen molar-refractivity contribution in [1.82, 2.24) is 0 Å². The maximum absolute atomic E-state index is 12.5. The van der Waals surface area contributed by atoms with Crippen LogP contribution >= 0.6 is 11.6 Å². The molecule has 0 fully saturated rings. The first-order valence-corrected chi connectivity index (χ1v) is 9.04. The highest BCUT2D eigenvalue weighted by Crippen LogP contribution is 2.47. The summed E-state index contributed by atoms with van der Waals surface area (Å²) in [5, 5.41) is 12.3. The lowest BCUT2D eigenvalue weighted by Crippen LogP contribution is -2.52. The third-order valence-corrected chi connectivity index (χ3v) is 5.29. The topological polar surface area (TPSA) is 57.6 Å². The first-order chi connectivity index (χ1) is 12.3. The summed E-state index contributed by atoms with van der Waals surface area (Å²) < 4.78 is 0. The number of halogens is 1. The average Bonchev–Trinajstić information content (AvgIpc) is 2.61. The molecule has 0 saturated heterocycles. The molecule has 0 bridgehead atoms. The summed E-state index contributed by atoms with van der Waals surface area (Å²) >= 11 is 6.23. The fourth-order valence-corrected chi connectivity index (χ4v) is 3.88. The van der Waals surface area contributed by atoms with Crippen LogP contribution in [0.1, 0.15) is 31.4 Å². The van der Waals surface area contributed by atoms with Crippen LogP contribution in [0.25, 0.3) is 0 Å². The van der Waals surface area contributed by atoms with E-state index in [9.17, 15) is 14.7 Å².